The van der Waals surface area contributed by atoms with Gasteiger partial charge in [-0.15, -0.1) is 0 Å². The molecule has 0 saturated carbocycles. The number of alkyl halides is 3. The summed E-state index contributed by atoms with van der Waals surface area (Å²) in [5.74, 6) is 0. The summed E-state index contributed by atoms with van der Waals surface area (Å²) in [4.78, 5) is 2.20. The number of rotatable bonds is 5. The van der Waals surface area contributed by atoms with Crippen LogP contribution >= 0.6 is 0 Å². The quantitative estimate of drug-likeness (QED) is 0.655. The fourth-order valence-corrected chi connectivity index (χ4v) is 4.47. The van der Waals surface area contributed by atoms with Crippen molar-refractivity contribution in [1.82, 2.24) is 14.8 Å². The van der Waals surface area contributed by atoms with Crippen molar-refractivity contribution < 1.29 is 13.2 Å². The zero-order chi connectivity index (χ0) is 19.7. The van der Waals surface area contributed by atoms with Crippen molar-refractivity contribution in [3.63, 3.8) is 0 Å². The molecule has 4 rings (SSSR count). The number of aryl methyl sites for hydroxylation is 1. The Bertz CT molecular complexity index is 955. The summed E-state index contributed by atoms with van der Waals surface area (Å²) in [6.07, 6.45) is -4.79. The predicted molar refractivity (Wildman–Crippen MR) is 108 cm³/mol. The zero-order valence-electron chi connectivity index (χ0n) is 16.1. The van der Waals surface area contributed by atoms with Crippen LogP contribution in [0, 0.1) is 0 Å². The number of hydrogen-bond donors (Lipinski definition) is 1. The average molecular weight is 389 g/mol. The minimum atomic E-state index is -4.13. The molecule has 1 aliphatic heterocycles. The Morgan fingerprint density at radius 1 is 1.00 bits per heavy atom. The molecule has 6 heteroatoms. The Morgan fingerprint density at radius 3 is 2.43 bits per heavy atom. The first-order valence-corrected chi connectivity index (χ1v) is 10.0. The van der Waals surface area contributed by atoms with Crippen molar-refractivity contribution in [2.45, 2.75) is 38.5 Å². The number of piperazine rings is 1. The Hall–Kier alpha value is -2.05. The highest BCUT2D eigenvalue weighted by Gasteiger charge is 2.31. The number of halogens is 3. The molecular weight excluding hydrogens is 363 g/mol. The lowest BCUT2D eigenvalue weighted by Gasteiger charge is -2.35. The fraction of sp³-hybridized carbons (Fsp3) is 0.455. The number of nitrogens with one attached hydrogen (secondary N) is 1. The van der Waals surface area contributed by atoms with Crippen molar-refractivity contribution in [1.29, 1.82) is 0 Å². The topological polar surface area (TPSA) is 20.2 Å². The molecule has 3 aromatic rings. The van der Waals surface area contributed by atoms with Gasteiger partial charge in [0.25, 0.3) is 0 Å². The molecule has 1 fully saturated rings. The minimum absolute atomic E-state index is 0.0986. The van der Waals surface area contributed by atoms with Crippen LogP contribution in [0.5, 0.6) is 0 Å². The lowest BCUT2D eigenvalue weighted by atomic mass is 9.97. The maximum absolute atomic E-state index is 13.0. The van der Waals surface area contributed by atoms with E-state index in [1.165, 1.54) is 5.52 Å². The summed E-state index contributed by atoms with van der Waals surface area (Å²) in [7, 11) is 0. The van der Waals surface area contributed by atoms with E-state index in [2.05, 4.69) is 46.0 Å². The number of benzene rings is 2. The van der Waals surface area contributed by atoms with E-state index in [-0.39, 0.29) is 12.5 Å². The van der Waals surface area contributed by atoms with E-state index in [1.807, 2.05) is 18.2 Å². The second-order valence-corrected chi connectivity index (χ2v) is 7.49. The molecule has 0 aliphatic carbocycles. The van der Waals surface area contributed by atoms with Crippen LogP contribution in [0.2, 0.25) is 0 Å². The highest BCUT2D eigenvalue weighted by atomic mass is 19.4. The minimum Gasteiger partial charge on any atom is -0.341 e. The van der Waals surface area contributed by atoms with Gasteiger partial charge in [-0.2, -0.15) is 13.2 Å². The molecule has 0 spiro atoms. The van der Waals surface area contributed by atoms with Gasteiger partial charge in [0.2, 0.25) is 0 Å². The molecule has 0 unspecified atom stereocenters. The third kappa shape index (κ3) is 3.76. The van der Waals surface area contributed by atoms with E-state index in [0.29, 0.717) is 0 Å². The van der Waals surface area contributed by atoms with Crippen LogP contribution < -0.4 is 5.32 Å². The molecule has 1 aliphatic rings. The summed E-state index contributed by atoms with van der Waals surface area (Å²) >= 11 is 0. The molecule has 28 heavy (non-hydrogen) atoms. The Morgan fingerprint density at radius 2 is 1.71 bits per heavy atom. The Labute approximate surface area is 163 Å². The van der Waals surface area contributed by atoms with Gasteiger partial charge >= 0.3 is 6.18 Å². The molecule has 1 saturated heterocycles. The summed E-state index contributed by atoms with van der Waals surface area (Å²) < 4.78 is 41.2. The van der Waals surface area contributed by atoms with Gasteiger partial charge in [0, 0.05) is 67.0 Å². The number of fused-ring (bicyclic) bond motifs is 3. The molecule has 2 heterocycles. The van der Waals surface area contributed by atoms with E-state index < -0.39 is 12.6 Å². The van der Waals surface area contributed by atoms with E-state index in [0.717, 1.165) is 54.6 Å². The third-order valence-electron chi connectivity index (χ3n) is 5.79. The molecule has 2 aromatic carbocycles. The number of hydrogen-bond acceptors (Lipinski definition) is 2. The lowest BCUT2D eigenvalue weighted by molar-refractivity contribution is -0.138. The maximum atomic E-state index is 13.0. The van der Waals surface area contributed by atoms with E-state index in [9.17, 15) is 13.2 Å². The van der Waals surface area contributed by atoms with E-state index in [4.69, 9.17) is 0 Å². The van der Waals surface area contributed by atoms with Crippen molar-refractivity contribution >= 4 is 21.8 Å². The standard InChI is InChI=1S/C22H26F3N3/c1-2-28-20-6-4-3-5-17(20)18-15-16(7-8-21(18)28)19(9-10-22(23,24)25)27-13-11-26-12-14-27/h3-8,15,19,26H,2,9-14H2,1H3/t19-/m1/s1. The molecule has 1 aromatic heterocycles. The van der Waals surface area contributed by atoms with Crippen LogP contribution in [0.4, 0.5) is 13.2 Å². The van der Waals surface area contributed by atoms with Crippen LogP contribution in [0.15, 0.2) is 42.5 Å². The first-order chi connectivity index (χ1) is 13.5. The van der Waals surface area contributed by atoms with Crippen LogP contribution in [0.3, 0.4) is 0 Å². The molecule has 1 atom stereocenters. The molecule has 3 nitrogen and oxygen atoms in total. The van der Waals surface area contributed by atoms with Gasteiger partial charge in [-0.25, -0.2) is 0 Å². The largest absolute Gasteiger partial charge is 0.389 e. The number of para-hydroxylation sites is 1. The molecule has 1 N–H and O–H groups in total. The van der Waals surface area contributed by atoms with Gasteiger partial charge in [-0.05, 0) is 37.1 Å². The van der Waals surface area contributed by atoms with Crippen molar-refractivity contribution in [3.05, 3.63) is 48.0 Å². The summed E-state index contributed by atoms with van der Waals surface area (Å²) in [6, 6.07) is 14.3. The van der Waals surface area contributed by atoms with Crippen LogP contribution in [-0.2, 0) is 6.54 Å². The maximum Gasteiger partial charge on any atom is 0.389 e. The number of aromatic nitrogens is 1. The molecule has 150 valence electrons. The van der Waals surface area contributed by atoms with Crippen LogP contribution in [0.1, 0.15) is 31.4 Å². The van der Waals surface area contributed by atoms with Crippen LogP contribution in [-0.4, -0.2) is 41.8 Å². The second-order valence-electron chi connectivity index (χ2n) is 7.49. The van der Waals surface area contributed by atoms with E-state index in [1.54, 1.807) is 0 Å². The van der Waals surface area contributed by atoms with Gasteiger partial charge in [0.05, 0.1) is 0 Å². The van der Waals surface area contributed by atoms with Gasteiger partial charge in [-0.1, -0.05) is 24.3 Å². The van der Waals surface area contributed by atoms with Gasteiger partial charge in [0.15, 0.2) is 0 Å². The first-order valence-electron chi connectivity index (χ1n) is 10.0. The Kier molecular flexibility index (Phi) is 5.34. The predicted octanol–water partition coefficient (Wildman–Crippen LogP) is 5.10. The number of nitrogens with zero attached hydrogens (tertiary/aromatic N) is 2. The molecule has 0 amide bonds. The molecule has 0 radical (unpaired) electrons. The summed E-state index contributed by atoms with van der Waals surface area (Å²) in [6.45, 7) is 6.17. The average Bonchev–Trinajstić information content (AvgIpc) is 3.01. The third-order valence-corrected chi connectivity index (χ3v) is 5.79. The lowest BCUT2D eigenvalue weighted by Crippen LogP contribution is -2.45. The monoisotopic (exact) mass is 389 g/mol. The second kappa shape index (κ2) is 7.76. The highest BCUT2D eigenvalue weighted by molar-refractivity contribution is 6.08. The first kappa shape index (κ1) is 19.3. The van der Waals surface area contributed by atoms with Crippen molar-refractivity contribution in [3.8, 4) is 0 Å². The normalized spacial score (nSPS) is 17.4. The van der Waals surface area contributed by atoms with Gasteiger partial charge in [0.1, 0.15) is 0 Å². The van der Waals surface area contributed by atoms with Crippen LogP contribution in [0.25, 0.3) is 21.8 Å². The zero-order valence-corrected chi connectivity index (χ0v) is 16.1. The van der Waals surface area contributed by atoms with E-state index >= 15 is 0 Å². The molecular formula is C22H26F3N3. The fourth-order valence-electron chi connectivity index (χ4n) is 4.47. The highest BCUT2D eigenvalue weighted by Crippen LogP contribution is 2.36. The van der Waals surface area contributed by atoms with Gasteiger partial charge in [-0.3, -0.25) is 4.90 Å². The van der Waals surface area contributed by atoms with Crippen molar-refractivity contribution in [2.75, 3.05) is 26.2 Å². The van der Waals surface area contributed by atoms with Crippen molar-refractivity contribution in [2.24, 2.45) is 0 Å². The summed E-state index contributed by atoms with van der Waals surface area (Å²) in [5, 5.41) is 5.58. The SMILES string of the molecule is CCn1c2ccccc2c2cc([C@@H](CCC(F)(F)F)N3CCNCC3)ccc21. The van der Waals surface area contributed by atoms with Gasteiger partial charge < -0.3 is 9.88 Å². The summed E-state index contributed by atoms with van der Waals surface area (Å²) in [5.41, 5.74) is 3.30. The Balaban J connectivity index is 1.77. The molecule has 0 bridgehead atoms. The smallest absolute Gasteiger partial charge is 0.341 e.